The number of nitrogens with one attached hydrogen (secondary N) is 1. The number of hydrogen-bond donors (Lipinski definition) is 2. The van der Waals surface area contributed by atoms with Crippen LogP contribution < -0.4 is 10.5 Å². The number of benzene rings is 1. The van der Waals surface area contributed by atoms with Gasteiger partial charge in [0.05, 0.1) is 9.90 Å². The molecule has 1 heterocycles. The summed E-state index contributed by atoms with van der Waals surface area (Å²) in [5.74, 6) is -0.553. The summed E-state index contributed by atoms with van der Waals surface area (Å²) in [5.41, 5.74) is 5.99. The lowest BCUT2D eigenvalue weighted by Crippen LogP contribution is -2.22. The van der Waals surface area contributed by atoms with Crippen LogP contribution in [0.25, 0.3) is 0 Å². The van der Waals surface area contributed by atoms with E-state index in [-0.39, 0.29) is 20.8 Å². The predicted octanol–water partition coefficient (Wildman–Crippen LogP) is 2.65. The second-order valence-corrected chi connectivity index (χ2v) is 7.98. The molecule has 0 spiro atoms. The molecule has 3 N–H and O–H groups in total. The second kappa shape index (κ2) is 6.37. The molecule has 0 aliphatic rings. The molecule has 2 rings (SSSR count). The number of rotatable bonds is 5. The fraction of sp³-hybridized carbons (Fsp3) is 0.0833. The Balaban J connectivity index is 2.13. The van der Waals surface area contributed by atoms with E-state index in [1.54, 1.807) is 6.07 Å². The SMILES string of the molecule is NC(=S)c1ccc(S(=O)(=O)NCc2ccc(F)c(Cl)c2)s1. The normalized spacial score (nSPS) is 11.5. The summed E-state index contributed by atoms with van der Waals surface area (Å²) in [7, 11) is -3.68. The van der Waals surface area contributed by atoms with Crippen LogP contribution >= 0.6 is 35.2 Å². The van der Waals surface area contributed by atoms with Gasteiger partial charge in [-0.2, -0.15) is 0 Å². The van der Waals surface area contributed by atoms with Gasteiger partial charge in [-0.05, 0) is 29.8 Å². The zero-order valence-corrected chi connectivity index (χ0v) is 13.7. The van der Waals surface area contributed by atoms with E-state index < -0.39 is 15.8 Å². The smallest absolute Gasteiger partial charge is 0.250 e. The van der Waals surface area contributed by atoms with E-state index in [0.29, 0.717) is 10.4 Å². The minimum atomic E-state index is -3.68. The van der Waals surface area contributed by atoms with Crippen molar-refractivity contribution in [1.29, 1.82) is 0 Å². The Kier molecular flexibility index (Phi) is 4.95. The van der Waals surface area contributed by atoms with Gasteiger partial charge < -0.3 is 5.73 Å². The molecule has 1 aromatic carbocycles. The molecule has 9 heteroatoms. The topological polar surface area (TPSA) is 72.2 Å². The Morgan fingerprint density at radius 3 is 2.67 bits per heavy atom. The lowest BCUT2D eigenvalue weighted by molar-refractivity contribution is 0.583. The van der Waals surface area contributed by atoms with E-state index >= 15 is 0 Å². The van der Waals surface area contributed by atoms with Crippen molar-refractivity contribution in [2.45, 2.75) is 10.8 Å². The molecule has 0 radical (unpaired) electrons. The third kappa shape index (κ3) is 3.98. The van der Waals surface area contributed by atoms with Crippen LogP contribution in [-0.4, -0.2) is 13.4 Å². The first-order valence-electron chi connectivity index (χ1n) is 5.63. The van der Waals surface area contributed by atoms with Crippen LogP contribution in [0.4, 0.5) is 4.39 Å². The van der Waals surface area contributed by atoms with Crippen molar-refractivity contribution in [3.63, 3.8) is 0 Å². The van der Waals surface area contributed by atoms with Gasteiger partial charge in [0.15, 0.2) is 0 Å². The van der Waals surface area contributed by atoms with Gasteiger partial charge in [0.1, 0.15) is 15.0 Å². The highest BCUT2D eigenvalue weighted by atomic mass is 35.5. The molecular formula is C12H10ClFN2O2S3. The monoisotopic (exact) mass is 364 g/mol. The number of hydrogen-bond acceptors (Lipinski definition) is 4. The first kappa shape index (κ1) is 16.3. The number of sulfonamides is 1. The van der Waals surface area contributed by atoms with Gasteiger partial charge in [0, 0.05) is 6.54 Å². The lowest BCUT2D eigenvalue weighted by Gasteiger charge is -2.05. The summed E-state index contributed by atoms with van der Waals surface area (Å²) in [6, 6.07) is 6.99. The van der Waals surface area contributed by atoms with Gasteiger partial charge in [0.2, 0.25) is 10.0 Å². The van der Waals surface area contributed by atoms with Gasteiger partial charge in [-0.25, -0.2) is 17.5 Å². The van der Waals surface area contributed by atoms with E-state index in [1.165, 1.54) is 24.3 Å². The summed E-state index contributed by atoms with van der Waals surface area (Å²) in [6.45, 7) is 0.00262. The highest BCUT2D eigenvalue weighted by molar-refractivity contribution is 7.91. The molecule has 2 aromatic rings. The van der Waals surface area contributed by atoms with Crippen molar-refractivity contribution < 1.29 is 12.8 Å². The fourth-order valence-electron chi connectivity index (χ4n) is 1.50. The Morgan fingerprint density at radius 1 is 1.38 bits per heavy atom. The third-order valence-corrected chi connectivity index (χ3v) is 6.19. The van der Waals surface area contributed by atoms with E-state index in [1.807, 2.05) is 0 Å². The third-order valence-electron chi connectivity index (χ3n) is 2.54. The summed E-state index contributed by atoms with van der Waals surface area (Å²) < 4.78 is 39.7. The van der Waals surface area contributed by atoms with E-state index in [2.05, 4.69) is 4.72 Å². The summed E-state index contributed by atoms with van der Waals surface area (Å²) in [4.78, 5) is 0.668. The molecule has 4 nitrogen and oxygen atoms in total. The van der Waals surface area contributed by atoms with Crippen LogP contribution in [0.1, 0.15) is 10.4 Å². The van der Waals surface area contributed by atoms with Gasteiger partial charge in [-0.15, -0.1) is 11.3 Å². The summed E-state index contributed by atoms with van der Waals surface area (Å²) >= 11 is 11.4. The molecule has 0 unspecified atom stereocenters. The maximum atomic E-state index is 13.0. The quantitative estimate of drug-likeness (QED) is 0.800. The van der Waals surface area contributed by atoms with Crippen molar-refractivity contribution in [1.82, 2.24) is 4.72 Å². The van der Waals surface area contributed by atoms with Crippen LogP contribution in [0.15, 0.2) is 34.5 Å². The molecule has 0 fully saturated rings. The average molecular weight is 365 g/mol. The zero-order chi connectivity index (χ0) is 15.6. The molecule has 0 amide bonds. The van der Waals surface area contributed by atoms with Crippen molar-refractivity contribution in [3.05, 3.63) is 51.6 Å². The van der Waals surface area contributed by atoms with Gasteiger partial charge >= 0.3 is 0 Å². The molecule has 0 atom stereocenters. The Morgan fingerprint density at radius 2 is 2.10 bits per heavy atom. The minimum Gasteiger partial charge on any atom is -0.389 e. The highest BCUT2D eigenvalue weighted by Crippen LogP contribution is 2.22. The molecular weight excluding hydrogens is 355 g/mol. The first-order chi connectivity index (χ1) is 9.79. The van der Waals surface area contributed by atoms with E-state index in [9.17, 15) is 12.8 Å². The predicted molar refractivity (Wildman–Crippen MR) is 85.6 cm³/mol. The fourth-order valence-corrected chi connectivity index (χ4v) is 4.11. The standard InChI is InChI=1S/C12H10ClFN2O2S3/c13-8-5-7(1-2-9(8)14)6-16-21(17,18)11-4-3-10(20-11)12(15)19/h1-5,16H,6H2,(H2,15,19). The molecule has 0 saturated heterocycles. The Labute approximate surface area is 135 Å². The van der Waals surface area contributed by atoms with Crippen LogP contribution in [-0.2, 0) is 16.6 Å². The second-order valence-electron chi connectivity index (χ2n) is 4.06. The molecule has 0 bridgehead atoms. The van der Waals surface area contributed by atoms with Crippen molar-refractivity contribution in [2.24, 2.45) is 5.73 Å². The molecule has 21 heavy (non-hydrogen) atoms. The lowest BCUT2D eigenvalue weighted by atomic mass is 10.2. The molecule has 1 aromatic heterocycles. The van der Waals surface area contributed by atoms with Crippen molar-refractivity contribution >= 4 is 50.2 Å². The molecule has 0 aliphatic carbocycles. The largest absolute Gasteiger partial charge is 0.389 e. The van der Waals surface area contributed by atoms with Crippen LogP contribution in [0.2, 0.25) is 5.02 Å². The summed E-state index contributed by atoms with van der Waals surface area (Å²) in [5, 5.41) is -0.0569. The van der Waals surface area contributed by atoms with Crippen LogP contribution in [0.5, 0.6) is 0 Å². The average Bonchev–Trinajstić information content (AvgIpc) is 2.91. The highest BCUT2D eigenvalue weighted by Gasteiger charge is 2.17. The van der Waals surface area contributed by atoms with Crippen molar-refractivity contribution in [2.75, 3.05) is 0 Å². The minimum absolute atomic E-state index is 0.00262. The zero-order valence-electron chi connectivity index (χ0n) is 10.5. The number of halogens is 2. The molecule has 0 saturated carbocycles. The van der Waals surface area contributed by atoms with Crippen LogP contribution in [0.3, 0.4) is 0 Å². The number of thiophene rings is 1. The number of nitrogens with two attached hydrogens (primary N) is 1. The summed E-state index contributed by atoms with van der Waals surface area (Å²) in [6.07, 6.45) is 0. The van der Waals surface area contributed by atoms with Gasteiger partial charge in [-0.1, -0.05) is 29.9 Å². The van der Waals surface area contributed by atoms with E-state index in [0.717, 1.165) is 11.3 Å². The van der Waals surface area contributed by atoms with Gasteiger partial charge in [-0.3, -0.25) is 0 Å². The van der Waals surface area contributed by atoms with E-state index in [4.69, 9.17) is 29.6 Å². The maximum Gasteiger partial charge on any atom is 0.250 e. The van der Waals surface area contributed by atoms with Crippen molar-refractivity contribution in [3.8, 4) is 0 Å². The first-order valence-corrected chi connectivity index (χ1v) is 8.71. The van der Waals surface area contributed by atoms with Gasteiger partial charge in [0.25, 0.3) is 0 Å². The van der Waals surface area contributed by atoms with Crippen LogP contribution in [0, 0.1) is 5.82 Å². The molecule has 112 valence electrons. The number of thiocarbonyl (C=S) groups is 1. The Bertz CT molecular complexity index is 790. The maximum absolute atomic E-state index is 13.0. The Hall–Kier alpha value is -1.06. The molecule has 0 aliphatic heterocycles.